The molecule has 5 nitrogen and oxygen atoms in total. The van der Waals surface area contributed by atoms with Crippen molar-refractivity contribution >= 4 is 17.6 Å². The Balaban J connectivity index is 1.41. The minimum absolute atomic E-state index is 0.352. The monoisotopic (exact) mass is 359 g/mol. The van der Waals surface area contributed by atoms with Gasteiger partial charge in [0.1, 0.15) is 11.5 Å². The molecule has 0 bridgehead atoms. The largest absolute Gasteiger partial charge is 0.457 e. The first-order valence-electron chi connectivity index (χ1n) is 8.62. The third kappa shape index (κ3) is 3.82. The van der Waals surface area contributed by atoms with Crippen molar-refractivity contribution in [3.63, 3.8) is 0 Å². The van der Waals surface area contributed by atoms with Gasteiger partial charge in [0.25, 0.3) is 5.91 Å². The molecule has 1 atom stereocenters. The number of carbonyl (C=O) groups excluding carboxylic acids is 2. The third-order valence-corrected chi connectivity index (χ3v) is 4.29. The summed E-state index contributed by atoms with van der Waals surface area (Å²) in [4.78, 5) is 24.5. The number of ether oxygens (including phenoxy) is 2. The summed E-state index contributed by atoms with van der Waals surface area (Å²) in [6, 6.07) is 23.6. The zero-order valence-corrected chi connectivity index (χ0v) is 14.4. The van der Waals surface area contributed by atoms with Gasteiger partial charge in [-0.3, -0.25) is 4.79 Å². The van der Waals surface area contributed by atoms with Crippen molar-refractivity contribution in [3.05, 3.63) is 90.0 Å². The Morgan fingerprint density at radius 1 is 0.889 bits per heavy atom. The van der Waals surface area contributed by atoms with Crippen LogP contribution in [0.25, 0.3) is 0 Å². The maximum Gasteiger partial charge on any atom is 0.339 e. The van der Waals surface area contributed by atoms with E-state index in [1.807, 2.05) is 42.5 Å². The van der Waals surface area contributed by atoms with Gasteiger partial charge >= 0.3 is 5.97 Å². The molecule has 1 N–H and O–H groups in total. The highest BCUT2D eigenvalue weighted by Crippen LogP contribution is 2.24. The zero-order chi connectivity index (χ0) is 18.6. The van der Waals surface area contributed by atoms with Gasteiger partial charge in [-0.25, -0.2) is 4.79 Å². The van der Waals surface area contributed by atoms with Crippen LogP contribution in [0.2, 0.25) is 0 Å². The van der Waals surface area contributed by atoms with Crippen LogP contribution >= 0.6 is 0 Å². The van der Waals surface area contributed by atoms with Gasteiger partial charge in [0.15, 0.2) is 6.10 Å². The van der Waals surface area contributed by atoms with E-state index in [0.29, 0.717) is 23.4 Å². The molecule has 1 aliphatic rings. The van der Waals surface area contributed by atoms with E-state index in [1.54, 1.807) is 36.4 Å². The number of carbonyl (C=O) groups is 2. The first-order valence-corrected chi connectivity index (χ1v) is 8.62. The zero-order valence-electron chi connectivity index (χ0n) is 14.4. The van der Waals surface area contributed by atoms with Gasteiger partial charge in [0.2, 0.25) is 0 Å². The molecule has 3 aromatic carbocycles. The number of hydrogen-bond donors (Lipinski definition) is 1. The van der Waals surface area contributed by atoms with Gasteiger partial charge in [0.05, 0.1) is 5.56 Å². The van der Waals surface area contributed by atoms with E-state index in [-0.39, 0.29) is 5.91 Å². The Labute approximate surface area is 156 Å². The van der Waals surface area contributed by atoms with Crippen LogP contribution in [0.4, 0.5) is 5.69 Å². The molecule has 1 aliphatic heterocycles. The van der Waals surface area contributed by atoms with Gasteiger partial charge in [-0.2, -0.15) is 0 Å². The third-order valence-electron chi connectivity index (χ3n) is 4.29. The summed E-state index contributed by atoms with van der Waals surface area (Å²) in [5.41, 5.74) is 1.94. The van der Waals surface area contributed by atoms with Crippen molar-refractivity contribution in [1.82, 2.24) is 0 Å². The summed E-state index contributed by atoms with van der Waals surface area (Å²) in [7, 11) is 0. The maximum atomic E-state index is 12.5. The van der Waals surface area contributed by atoms with E-state index >= 15 is 0 Å². The first kappa shape index (κ1) is 16.8. The topological polar surface area (TPSA) is 64.6 Å². The molecule has 27 heavy (non-hydrogen) atoms. The quantitative estimate of drug-likeness (QED) is 0.709. The number of hydrogen-bond acceptors (Lipinski definition) is 4. The minimum Gasteiger partial charge on any atom is -0.457 e. The molecule has 0 unspecified atom stereocenters. The fraction of sp³-hybridized carbons (Fsp3) is 0.0909. The number of cyclic esters (lactones) is 1. The van der Waals surface area contributed by atoms with Gasteiger partial charge in [-0.05, 0) is 48.0 Å². The van der Waals surface area contributed by atoms with Crippen molar-refractivity contribution in [2.45, 2.75) is 12.5 Å². The molecule has 134 valence electrons. The Bertz CT molecular complexity index is 967. The molecule has 0 radical (unpaired) electrons. The molecule has 0 fully saturated rings. The molecule has 1 amide bonds. The molecule has 3 aromatic rings. The molecule has 4 rings (SSSR count). The molecule has 0 saturated carbocycles. The van der Waals surface area contributed by atoms with Crippen molar-refractivity contribution in [2.24, 2.45) is 0 Å². The lowest BCUT2D eigenvalue weighted by atomic mass is 9.98. The molecule has 5 heteroatoms. The highest BCUT2D eigenvalue weighted by Gasteiger charge is 2.31. The second kappa shape index (κ2) is 7.33. The van der Waals surface area contributed by atoms with Crippen LogP contribution in [0.3, 0.4) is 0 Å². The number of rotatable bonds is 4. The molecule has 1 heterocycles. The SMILES string of the molecule is O=C1O[C@@H](C(=O)Nc2ccc(Oc3ccccc3)cc2)Cc2ccccc21. The average Bonchev–Trinajstić information content (AvgIpc) is 2.70. The number of para-hydroxylation sites is 1. The summed E-state index contributed by atoms with van der Waals surface area (Å²) in [6.45, 7) is 0. The van der Waals surface area contributed by atoms with Crippen molar-refractivity contribution in [3.8, 4) is 11.5 Å². The van der Waals surface area contributed by atoms with E-state index in [4.69, 9.17) is 9.47 Å². The average molecular weight is 359 g/mol. The summed E-state index contributed by atoms with van der Waals surface area (Å²) < 4.78 is 11.0. The molecular weight excluding hydrogens is 342 g/mol. The van der Waals surface area contributed by atoms with Crippen LogP contribution < -0.4 is 10.1 Å². The van der Waals surface area contributed by atoms with Crippen LogP contribution in [-0.4, -0.2) is 18.0 Å². The van der Waals surface area contributed by atoms with Gasteiger partial charge in [-0.1, -0.05) is 36.4 Å². The first-order chi connectivity index (χ1) is 13.2. The van der Waals surface area contributed by atoms with Gasteiger partial charge in [-0.15, -0.1) is 0 Å². The van der Waals surface area contributed by atoms with E-state index in [0.717, 1.165) is 11.3 Å². The number of anilines is 1. The van der Waals surface area contributed by atoms with E-state index in [9.17, 15) is 9.59 Å². The second-order valence-corrected chi connectivity index (χ2v) is 6.18. The Hall–Kier alpha value is -3.60. The molecule has 0 aliphatic carbocycles. The van der Waals surface area contributed by atoms with Gasteiger partial charge < -0.3 is 14.8 Å². The van der Waals surface area contributed by atoms with Crippen LogP contribution in [0.5, 0.6) is 11.5 Å². The summed E-state index contributed by atoms with van der Waals surface area (Å²) in [6.07, 6.45) is -0.476. The van der Waals surface area contributed by atoms with E-state index < -0.39 is 12.1 Å². The fourth-order valence-electron chi connectivity index (χ4n) is 2.93. The Morgan fingerprint density at radius 2 is 1.56 bits per heavy atom. The van der Waals surface area contributed by atoms with Gasteiger partial charge in [0, 0.05) is 12.1 Å². The Morgan fingerprint density at radius 3 is 2.33 bits per heavy atom. The number of benzene rings is 3. The lowest BCUT2D eigenvalue weighted by Gasteiger charge is -2.23. The number of fused-ring (bicyclic) bond motifs is 1. The summed E-state index contributed by atoms with van der Waals surface area (Å²) >= 11 is 0. The summed E-state index contributed by atoms with van der Waals surface area (Å²) in [5.74, 6) is 0.581. The molecule has 0 saturated heterocycles. The Kier molecular flexibility index (Phi) is 4.58. The second-order valence-electron chi connectivity index (χ2n) is 6.18. The van der Waals surface area contributed by atoms with Crippen LogP contribution in [-0.2, 0) is 16.0 Å². The van der Waals surface area contributed by atoms with Crippen molar-refractivity contribution in [2.75, 3.05) is 5.32 Å². The summed E-state index contributed by atoms with van der Waals surface area (Å²) in [5, 5.41) is 2.78. The van der Waals surface area contributed by atoms with E-state index in [1.165, 1.54) is 0 Å². The predicted molar refractivity (Wildman–Crippen MR) is 101 cm³/mol. The number of amides is 1. The van der Waals surface area contributed by atoms with Crippen LogP contribution in [0.1, 0.15) is 15.9 Å². The predicted octanol–water partition coefficient (Wildman–Crippen LogP) is 4.20. The molecular formula is C22H17NO4. The minimum atomic E-state index is -0.840. The van der Waals surface area contributed by atoms with Crippen LogP contribution in [0, 0.1) is 0 Å². The standard InChI is InChI=1S/C22H17NO4/c24-21(20-14-15-6-4-5-9-19(15)22(25)27-20)23-16-10-12-18(13-11-16)26-17-7-2-1-3-8-17/h1-13,20H,14H2,(H,23,24)/t20-/m1/s1. The number of nitrogens with one attached hydrogen (secondary N) is 1. The maximum absolute atomic E-state index is 12.5. The van der Waals surface area contributed by atoms with Crippen LogP contribution in [0.15, 0.2) is 78.9 Å². The highest BCUT2D eigenvalue weighted by molar-refractivity contribution is 6.00. The normalized spacial score (nSPS) is 15.4. The fourth-order valence-corrected chi connectivity index (χ4v) is 2.93. The van der Waals surface area contributed by atoms with Crippen molar-refractivity contribution < 1.29 is 19.1 Å². The number of esters is 1. The highest BCUT2D eigenvalue weighted by atomic mass is 16.5. The van der Waals surface area contributed by atoms with E-state index in [2.05, 4.69) is 5.32 Å². The molecule has 0 spiro atoms. The molecule has 0 aromatic heterocycles. The van der Waals surface area contributed by atoms with Crippen molar-refractivity contribution in [1.29, 1.82) is 0 Å². The lowest BCUT2D eigenvalue weighted by Crippen LogP contribution is -2.37. The smallest absolute Gasteiger partial charge is 0.339 e. The lowest BCUT2D eigenvalue weighted by molar-refractivity contribution is -0.125.